The number of hydrogen-bond acceptors (Lipinski definition) is 4. The van der Waals surface area contributed by atoms with Gasteiger partial charge in [0.1, 0.15) is 0 Å². The van der Waals surface area contributed by atoms with Gasteiger partial charge in [0, 0.05) is 16.8 Å². The highest BCUT2D eigenvalue weighted by Gasteiger charge is 2.05. The SMILES string of the molecule is CCOC(=O)/C=C/c1ccc(NS(=O)(=O)/C=C/c2ccc(Cl)cc2)cc1. The molecule has 0 aliphatic rings. The minimum absolute atomic E-state index is 0.313. The molecule has 0 saturated carbocycles. The van der Waals surface area contributed by atoms with Gasteiger partial charge in [0.15, 0.2) is 0 Å². The molecular weight excluding hydrogens is 374 g/mol. The number of rotatable bonds is 7. The number of ether oxygens (including phenoxy) is 1. The van der Waals surface area contributed by atoms with Crippen LogP contribution in [0.15, 0.2) is 60.0 Å². The van der Waals surface area contributed by atoms with Gasteiger partial charge < -0.3 is 4.74 Å². The molecule has 5 nitrogen and oxygen atoms in total. The van der Waals surface area contributed by atoms with Crippen LogP contribution in [0.2, 0.25) is 5.02 Å². The van der Waals surface area contributed by atoms with Crippen LogP contribution in [0.25, 0.3) is 12.2 Å². The predicted molar refractivity (Wildman–Crippen MR) is 105 cm³/mol. The molecular formula is C19H18ClNO4S. The maximum Gasteiger partial charge on any atom is 0.330 e. The van der Waals surface area contributed by atoms with Gasteiger partial charge in [0.25, 0.3) is 10.0 Å². The molecule has 0 aliphatic carbocycles. The fourth-order valence-corrected chi connectivity index (χ4v) is 2.95. The standard InChI is InChI=1S/C19H18ClNO4S/c1-2-25-19(22)12-7-15-5-10-18(11-6-15)21-26(23,24)14-13-16-3-8-17(20)9-4-16/h3-14,21H,2H2,1H3/b12-7+,14-13+. The molecule has 0 aliphatic heterocycles. The van der Waals surface area contributed by atoms with Gasteiger partial charge in [0.05, 0.1) is 12.0 Å². The van der Waals surface area contributed by atoms with Crippen LogP contribution in [0.4, 0.5) is 5.69 Å². The highest BCUT2D eigenvalue weighted by atomic mass is 35.5. The number of carbonyl (C=O) groups excluding carboxylic acids is 1. The van der Waals surface area contributed by atoms with E-state index in [2.05, 4.69) is 4.72 Å². The van der Waals surface area contributed by atoms with Crippen molar-refractivity contribution in [1.29, 1.82) is 0 Å². The number of sulfonamides is 1. The van der Waals surface area contributed by atoms with Crippen molar-refractivity contribution in [3.63, 3.8) is 0 Å². The Morgan fingerprint density at radius 1 is 1.04 bits per heavy atom. The molecule has 0 spiro atoms. The first kappa shape index (κ1) is 19.8. The third-order valence-corrected chi connectivity index (χ3v) is 4.45. The molecule has 0 aromatic heterocycles. The molecule has 0 fully saturated rings. The maximum atomic E-state index is 12.1. The van der Waals surface area contributed by atoms with Gasteiger partial charge in [-0.3, -0.25) is 4.72 Å². The van der Waals surface area contributed by atoms with Crippen molar-refractivity contribution in [2.24, 2.45) is 0 Å². The van der Waals surface area contributed by atoms with Crippen LogP contribution in [0.1, 0.15) is 18.1 Å². The van der Waals surface area contributed by atoms with Crippen LogP contribution in [-0.4, -0.2) is 21.0 Å². The fraction of sp³-hybridized carbons (Fsp3) is 0.105. The highest BCUT2D eigenvalue weighted by Crippen LogP contribution is 2.15. The van der Waals surface area contributed by atoms with Crippen molar-refractivity contribution in [3.05, 3.63) is 76.2 Å². The Kier molecular flexibility index (Phi) is 7.00. The molecule has 136 valence electrons. The first-order chi connectivity index (χ1) is 12.4. The van der Waals surface area contributed by atoms with Crippen LogP contribution in [0.5, 0.6) is 0 Å². The average molecular weight is 392 g/mol. The van der Waals surface area contributed by atoms with E-state index in [0.717, 1.165) is 16.5 Å². The maximum absolute atomic E-state index is 12.1. The van der Waals surface area contributed by atoms with E-state index in [-0.39, 0.29) is 0 Å². The van der Waals surface area contributed by atoms with Gasteiger partial charge in [-0.05, 0) is 54.5 Å². The lowest BCUT2D eigenvalue weighted by atomic mass is 10.2. The van der Waals surface area contributed by atoms with Crippen LogP contribution >= 0.6 is 11.6 Å². The molecule has 1 N–H and O–H groups in total. The summed E-state index contributed by atoms with van der Waals surface area (Å²) in [5.74, 6) is -0.426. The molecule has 0 radical (unpaired) electrons. The number of esters is 1. The van der Waals surface area contributed by atoms with E-state index in [1.165, 1.54) is 12.2 Å². The van der Waals surface area contributed by atoms with Crippen LogP contribution in [0.3, 0.4) is 0 Å². The summed E-state index contributed by atoms with van der Waals surface area (Å²) >= 11 is 5.79. The van der Waals surface area contributed by atoms with Crippen molar-refractivity contribution in [3.8, 4) is 0 Å². The zero-order valence-corrected chi connectivity index (χ0v) is 15.6. The molecule has 0 atom stereocenters. The van der Waals surface area contributed by atoms with Crippen LogP contribution < -0.4 is 4.72 Å². The second kappa shape index (κ2) is 9.22. The summed E-state index contributed by atoms with van der Waals surface area (Å²) in [6.07, 6.45) is 4.39. The zero-order valence-electron chi connectivity index (χ0n) is 14.1. The summed E-state index contributed by atoms with van der Waals surface area (Å²) in [6, 6.07) is 13.4. The zero-order chi connectivity index (χ0) is 19.0. The van der Waals surface area contributed by atoms with E-state index < -0.39 is 16.0 Å². The van der Waals surface area contributed by atoms with Gasteiger partial charge in [-0.25, -0.2) is 13.2 Å². The lowest BCUT2D eigenvalue weighted by Crippen LogP contribution is -2.08. The van der Waals surface area contributed by atoms with Gasteiger partial charge in [-0.15, -0.1) is 0 Å². The number of anilines is 1. The van der Waals surface area contributed by atoms with E-state index in [0.29, 0.717) is 17.3 Å². The van der Waals surface area contributed by atoms with Crippen molar-refractivity contribution in [2.75, 3.05) is 11.3 Å². The minimum atomic E-state index is -3.64. The summed E-state index contributed by atoms with van der Waals surface area (Å²) in [4.78, 5) is 11.3. The Bertz CT molecular complexity index is 902. The monoisotopic (exact) mass is 391 g/mol. The topological polar surface area (TPSA) is 72.5 Å². The quantitative estimate of drug-likeness (QED) is 0.563. The molecule has 2 aromatic rings. The Hall–Kier alpha value is -2.57. The van der Waals surface area contributed by atoms with Crippen LogP contribution in [-0.2, 0) is 19.6 Å². The minimum Gasteiger partial charge on any atom is -0.463 e. The number of carbonyl (C=O) groups is 1. The smallest absolute Gasteiger partial charge is 0.330 e. The molecule has 2 aromatic carbocycles. The Labute approximate surface area is 158 Å². The summed E-state index contributed by atoms with van der Waals surface area (Å²) < 4.78 is 31.5. The molecule has 0 amide bonds. The number of halogens is 1. The molecule has 2 rings (SSSR count). The first-order valence-corrected chi connectivity index (χ1v) is 9.72. The van der Waals surface area contributed by atoms with E-state index in [1.807, 2.05) is 0 Å². The Morgan fingerprint density at radius 3 is 2.23 bits per heavy atom. The van der Waals surface area contributed by atoms with Gasteiger partial charge >= 0.3 is 5.97 Å². The van der Waals surface area contributed by atoms with E-state index >= 15 is 0 Å². The molecule has 7 heteroatoms. The Morgan fingerprint density at radius 2 is 1.62 bits per heavy atom. The van der Waals surface area contributed by atoms with Crippen LogP contribution in [0, 0.1) is 0 Å². The van der Waals surface area contributed by atoms with E-state index in [9.17, 15) is 13.2 Å². The second-order valence-corrected chi connectivity index (χ2v) is 7.21. The third-order valence-electron chi connectivity index (χ3n) is 3.18. The number of benzene rings is 2. The van der Waals surface area contributed by atoms with E-state index in [1.54, 1.807) is 61.5 Å². The Balaban J connectivity index is 2.00. The van der Waals surface area contributed by atoms with Gasteiger partial charge in [-0.1, -0.05) is 35.9 Å². The fourth-order valence-electron chi connectivity index (χ4n) is 1.96. The lowest BCUT2D eigenvalue weighted by Gasteiger charge is -2.05. The molecule has 0 bridgehead atoms. The van der Waals surface area contributed by atoms with Gasteiger partial charge in [0.2, 0.25) is 0 Å². The number of nitrogens with one attached hydrogen (secondary N) is 1. The lowest BCUT2D eigenvalue weighted by molar-refractivity contribution is -0.137. The molecule has 0 heterocycles. The third kappa shape index (κ3) is 6.74. The molecule has 0 unspecified atom stereocenters. The molecule has 0 saturated heterocycles. The first-order valence-electron chi connectivity index (χ1n) is 7.79. The molecule has 26 heavy (non-hydrogen) atoms. The normalized spacial score (nSPS) is 11.8. The summed E-state index contributed by atoms with van der Waals surface area (Å²) in [5, 5.41) is 1.67. The van der Waals surface area contributed by atoms with Crippen molar-refractivity contribution < 1.29 is 17.9 Å². The van der Waals surface area contributed by atoms with Crippen molar-refractivity contribution >= 4 is 45.4 Å². The second-order valence-electron chi connectivity index (χ2n) is 5.21. The van der Waals surface area contributed by atoms with Crippen molar-refractivity contribution in [1.82, 2.24) is 0 Å². The summed E-state index contributed by atoms with van der Waals surface area (Å²) in [5.41, 5.74) is 1.89. The largest absolute Gasteiger partial charge is 0.463 e. The predicted octanol–water partition coefficient (Wildman–Crippen LogP) is 4.33. The number of hydrogen-bond donors (Lipinski definition) is 1. The summed E-state index contributed by atoms with van der Waals surface area (Å²) in [6.45, 7) is 2.04. The summed E-state index contributed by atoms with van der Waals surface area (Å²) in [7, 11) is -3.64. The van der Waals surface area contributed by atoms with Gasteiger partial charge in [-0.2, -0.15) is 0 Å². The average Bonchev–Trinajstić information content (AvgIpc) is 2.61. The van der Waals surface area contributed by atoms with Crippen molar-refractivity contribution in [2.45, 2.75) is 6.92 Å². The van der Waals surface area contributed by atoms with E-state index in [4.69, 9.17) is 16.3 Å². The highest BCUT2D eigenvalue weighted by molar-refractivity contribution is 7.95.